The summed E-state index contributed by atoms with van der Waals surface area (Å²) in [5.74, 6) is 0.133. The van der Waals surface area contributed by atoms with Crippen LogP contribution in [0.15, 0.2) is 70.6 Å². The SMILES string of the molecule is Cc1ccccc1-n1c(SCC(=O)c2ccc(Cl)s2)nc2ccccc2c1=O. The summed E-state index contributed by atoms with van der Waals surface area (Å²) in [4.78, 5) is 31.0. The average Bonchev–Trinajstić information content (AvgIpc) is 3.14. The fourth-order valence-electron chi connectivity index (χ4n) is 2.90. The van der Waals surface area contributed by atoms with Crippen LogP contribution in [0.4, 0.5) is 0 Å². The summed E-state index contributed by atoms with van der Waals surface area (Å²) in [6.45, 7) is 1.95. The Kier molecular flexibility index (Phi) is 5.35. The smallest absolute Gasteiger partial charge is 0.266 e. The van der Waals surface area contributed by atoms with Crippen molar-refractivity contribution < 1.29 is 4.79 Å². The molecule has 28 heavy (non-hydrogen) atoms. The number of aryl methyl sites for hydroxylation is 1. The van der Waals surface area contributed by atoms with Gasteiger partial charge in [0.05, 0.1) is 31.6 Å². The number of aromatic nitrogens is 2. The van der Waals surface area contributed by atoms with Gasteiger partial charge in [-0.3, -0.25) is 14.2 Å². The first-order chi connectivity index (χ1) is 13.5. The Morgan fingerprint density at radius 2 is 1.86 bits per heavy atom. The van der Waals surface area contributed by atoms with E-state index in [0.717, 1.165) is 11.3 Å². The van der Waals surface area contributed by atoms with Gasteiger partial charge < -0.3 is 0 Å². The van der Waals surface area contributed by atoms with Crippen molar-refractivity contribution in [3.8, 4) is 5.69 Å². The number of rotatable bonds is 5. The van der Waals surface area contributed by atoms with Gasteiger partial charge in [0.15, 0.2) is 10.9 Å². The van der Waals surface area contributed by atoms with Crippen LogP contribution in [-0.2, 0) is 0 Å². The van der Waals surface area contributed by atoms with Crippen molar-refractivity contribution in [2.75, 3.05) is 5.75 Å². The summed E-state index contributed by atoms with van der Waals surface area (Å²) in [5, 5.41) is 1.04. The predicted octanol–water partition coefficient (Wildman–Crippen LogP) is 5.38. The molecule has 4 nitrogen and oxygen atoms in total. The summed E-state index contributed by atoms with van der Waals surface area (Å²) in [6, 6.07) is 18.3. The third-order valence-electron chi connectivity index (χ3n) is 4.28. The molecule has 0 fully saturated rings. The second-order valence-electron chi connectivity index (χ2n) is 6.15. The van der Waals surface area contributed by atoms with Gasteiger partial charge in [-0.1, -0.05) is 53.7 Å². The van der Waals surface area contributed by atoms with E-state index in [9.17, 15) is 9.59 Å². The van der Waals surface area contributed by atoms with Gasteiger partial charge in [-0.05, 0) is 42.8 Å². The zero-order valence-electron chi connectivity index (χ0n) is 14.9. The second-order valence-corrected chi connectivity index (χ2v) is 8.81. The first kappa shape index (κ1) is 18.9. The molecule has 0 aliphatic heterocycles. The Labute approximate surface area is 174 Å². The Bertz CT molecular complexity index is 1250. The first-order valence-corrected chi connectivity index (χ1v) is 10.7. The van der Waals surface area contributed by atoms with Crippen molar-refractivity contribution in [2.45, 2.75) is 12.1 Å². The number of halogens is 1. The third-order valence-corrected chi connectivity index (χ3v) is 6.49. The highest BCUT2D eigenvalue weighted by Gasteiger charge is 2.17. The maximum atomic E-state index is 13.2. The number of benzene rings is 2. The highest BCUT2D eigenvalue weighted by atomic mass is 35.5. The van der Waals surface area contributed by atoms with E-state index in [1.807, 2.05) is 49.4 Å². The zero-order valence-corrected chi connectivity index (χ0v) is 17.3. The first-order valence-electron chi connectivity index (χ1n) is 8.54. The van der Waals surface area contributed by atoms with Crippen LogP contribution in [0.3, 0.4) is 0 Å². The van der Waals surface area contributed by atoms with Crippen LogP contribution in [-0.4, -0.2) is 21.1 Å². The van der Waals surface area contributed by atoms with Crippen LogP contribution >= 0.6 is 34.7 Å². The topological polar surface area (TPSA) is 52.0 Å². The molecule has 4 rings (SSSR count). The van der Waals surface area contributed by atoms with Crippen LogP contribution in [0, 0.1) is 6.92 Å². The monoisotopic (exact) mass is 426 g/mol. The van der Waals surface area contributed by atoms with Crippen LogP contribution < -0.4 is 5.56 Å². The van der Waals surface area contributed by atoms with Crippen LogP contribution in [0.1, 0.15) is 15.2 Å². The molecule has 7 heteroatoms. The fraction of sp³-hybridized carbons (Fsp3) is 0.0952. The van der Waals surface area contributed by atoms with Crippen molar-refractivity contribution in [2.24, 2.45) is 0 Å². The number of fused-ring (bicyclic) bond motifs is 1. The van der Waals surface area contributed by atoms with Crippen molar-refractivity contribution in [3.05, 3.63) is 85.8 Å². The number of carbonyl (C=O) groups excluding carboxylic acids is 1. The molecule has 0 amide bonds. The molecule has 2 heterocycles. The zero-order chi connectivity index (χ0) is 19.7. The van der Waals surface area contributed by atoms with E-state index in [1.165, 1.54) is 23.1 Å². The molecule has 0 aliphatic carbocycles. The number of carbonyl (C=O) groups is 1. The van der Waals surface area contributed by atoms with Gasteiger partial charge in [-0.15, -0.1) is 11.3 Å². The Hall–Kier alpha value is -2.41. The van der Waals surface area contributed by atoms with Gasteiger partial charge in [0, 0.05) is 0 Å². The van der Waals surface area contributed by atoms with E-state index in [2.05, 4.69) is 4.98 Å². The Morgan fingerprint density at radius 1 is 1.11 bits per heavy atom. The van der Waals surface area contributed by atoms with Gasteiger partial charge in [-0.25, -0.2) is 4.98 Å². The van der Waals surface area contributed by atoms with E-state index < -0.39 is 0 Å². The fourth-order valence-corrected chi connectivity index (χ4v) is 4.86. The molecule has 0 saturated heterocycles. The van der Waals surface area contributed by atoms with Gasteiger partial charge in [0.2, 0.25) is 0 Å². The van der Waals surface area contributed by atoms with Gasteiger partial charge in [0.25, 0.3) is 5.56 Å². The maximum Gasteiger partial charge on any atom is 0.266 e. The summed E-state index contributed by atoms with van der Waals surface area (Å²) >= 11 is 8.44. The average molecular weight is 427 g/mol. The van der Waals surface area contributed by atoms with Crippen molar-refractivity contribution in [1.29, 1.82) is 0 Å². The summed E-state index contributed by atoms with van der Waals surface area (Å²) in [5.41, 5.74) is 2.19. The highest BCUT2D eigenvalue weighted by molar-refractivity contribution is 7.99. The normalized spacial score (nSPS) is 11.1. The van der Waals surface area contributed by atoms with E-state index in [0.29, 0.717) is 25.3 Å². The third kappa shape index (κ3) is 3.63. The van der Waals surface area contributed by atoms with Crippen LogP contribution in [0.2, 0.25) is 4.34 Å². The quantitative estimate of drug-likeness (QED) is 0.244. The molecule has 0 unspecified atom stereocenters. The highest BCUT2D eigenvalue weighted by Crippen LogP contribution is 2.26. The van der Waals surface area contributed by atoms with Crippen molar-refractivity contribution >= 4 is 51.4 Å². The standard InChI is InChI=1S/C21H15ClN2O2S2/c1-13-6-2-5-9-16(13)24-20(26)14-7-3-4-8-15(14)23-21(24)27-12-17(25)18-10-11-19(22)28-18/h2-11H,12H2,1H3. The molecular formula is C21H15ClN2O2S2. The number of ketones is 1. The number of hydrogen-bond donors (Lipinski definition) is 0. The summed E-state index contributed by atoms with van der Waals surface area (Å²) < 4.78 is 2.17. The number of nitrogens with zero attached hydrogens (tertiary/aromatic N) is 2. The van der Waals surface area contributed by atoms with Gasteiger partial charge in [-0.2, -0.15) is 0 Å². The Balaban J connectivity index is 1.80. The predicted molar refractivity (Wildman–Crippen MR) is 116 cm³/mol. The molecule has 0 atom stereocenters. The number of hydrogen-bond acceptors (Lipinski definition) is 5. The largest absolute Gasteiger partial charge is 0.292 e. The molecule has 0 spiro atoms. The van der Waals surface area contributed by atoms with E-state index in [4.69, 9.17) is 11.6 Å². The second kappa shape index (κ2) is 7.91. The lowest BCUT2D eigenvalue weighted by Gasteiger charge is -2.14. The van der Waals surface area contributed by atoms with E-state index >= 15 is 0 Å². The minimum Gasteiger partial charge on any atom is -0.292 e. The van der Waals surface area contributed by atoms with Crippen LogP contribution in [0.5, 0.6) is 0 Å². The van der Waals surface area contributed by atoms with Crippen molar-refractivity contribution in [3.63, 3.8) is 0 Å². The molecule has 2 aromatic heterocycles. The lowest BCUT2D eigenvalue weighted by molar-refractivity contribution is 0.102. The van der Waals surface area contributed by atoms with E-state index in [-0.39, 0.29) is 17.1 Å². The molecular weight excluding hydrogens is 412 g/mol. The lowest BCUT2D eigenvalue weighted by atomic mass is 10.2. The van der Waals surface area contributed by atoms with Crippen molar-refractivity contribution in [1.82, 2.24) is 9.55 Å². The summed E-state index contributed by atoms with van der Waals surface area (Å²) in [6.07, 6.45) is 0. The molecule has 2 aromatic carbocycles. The lowest BCUT2D eigenvalue weighted by Crippen LogP contribution is -2.22. The number of para-hydroxylation sites is 2. The molecule has 0 saturated carbocycles. The van der Waals surface area contributed by atoms with Gasteiger partial charge >= 0.3 is 0 Å². The van der Waals surface area contributed by atoms with E-state index in [1.54, 1.807) is 22.8 Å². The molecule has 140 valence electrons. The molecule has 0 aliphatic rings. The minimum absolute atomic E-state index is 0.0411. The van der Waals surface area contributed by atoms with Crippen LogP contribution in [0.25, 0.3) is 16.6 Å². The number of thiophene rings is 1. The molecule has 0 bridgehead atoms. The van der Waals surface area contributed by atoms with Gasteiger partial charge in [0.1, 0.15) is 0 Å². The molecule has 4 aromatic rings. The summed E-state index contributed by atoms with van der Waals surface area (Å²) in [7, 11) is 0. The number of Topliss-reactive ketones (excluding diaryl/α,β-unsaturated/α-hetero) is 1. The number of thioether (sulfide) groups is 1. The molecule has 0 radical (unpaired) electrons. The molecule has 0 N–H and O–H groups in total. The maximum absolute atomic E-state index is 13.2. The Morgan fingerprint density at radius 3 is 2.61 bits per heavy atom. The minimum atomic E-state index is -0.144.